The zero-order chi connectivity index (χ0) is 23.4. The summed E-state index contributed by atoms with van der Waals surface area (Å²) in [5.74, 6) is 0.737. The van der Waals surface area contributed by atoms with Crippen molar-refractivity contribution in [3.8, 4) is 11.4 Å². The van der Waals surface area contributed by atoms with Gasteiger partial charge in [0.25, 0.3) is 0 Å². The fourth-order valence-corrected chi connectivity index (χ4v) is 5.13. The van der Waals surface area contributed by atoms with Crippen LogP contribution in [0.3, 0.4) is 0 Å². The van der Waals surface area contributed by atoms with Crippen LogP contribution in [0.4, 0.5) is 5.00 Å². The summed E-state index contributed by atoms with van der Waals surface area (Å²) in [5.41, 5.74) is 3.50. The normalized spacial score (nSPS) is 11.1. The van der Waals surface area contributed by atoms with Crippen molar-refractivity contribution < 1.29 is 14.3 Å². The number of esters is 1. The van der Waals surface area contributed by atoms with Gasteiger partial charge in [0.1, 0.15) is 5.00 Å². The smallest absolute Gasteiger partial charge is 0.341 e. The Hall–Kier alpha value is -2.65. The van der Waals surface area contributed by atoms with E-state index >= 15 is 0 Å². The van der Waals surface area contributed by atoms with Crippen molar-refractivity contribution in [1.82, 2.24) is 14.8 Å². The molecule has 9 heteroatoms. The fraction of sp³-hybridized carbons (Fsp3) is 0.391. The van der Waals surface area contributed by atoms with E-state index in [2.05, 4.69) is 53.6 Å². The van der Waals surface area contributed by atoms with Crippen molar-refractivity contribution in [2.24, 2.45) is 0 Å². The second-order valence-corrected chi connectivity index (χ2v) is 9.81. The van der Waals surface area contributed by atoms with Crippen molar-refractivity contribution in [2.75, 3.05) is 18.2 Å². The van der Waals surface area contributed by atoms with Gasteiger partial charge in [-0.3, -0.25) is 4.79 Å². The van der Waals surface area contributed by atoms with E-state index in [4.69, 9.17) is 4.74 Å². The number of amides is 1. The number of aromatic nitrogens is 3. The first-order valence-electron chi connectivity index (χ1n) is 10.4. The van der Waals surface area contributed by atoms with Crippen LogP contribution in [-0.4, -0.2) is 39.5 Å². The number of carbonyl (C=O) groups excluding carboxylic acids is 2. The fourth-order valence-electron chi connectivity index (χ4n) is 3.27. The molecule has 0 aliphatic heterocycles. The van der Waals surface area contributed by atoms with Crippen LogP contribution in [-0.2, 0) is 16.1 Å². The summed E-state index contributed by atoms with van der Waals surface area (Å²) >= 11 is 2.69. The molecule has 170 valence electrons. The number of thioether (sulfide) groups is 1. The summed E-state index contributed by atoms with van der Waals surface area (Å²) in [5, 5.41) is 12.7. The number of rotatable bonds is 8. The monoisotopic (exact) mass is 472 g/mol. The maximum atomic E-state index is 12.6. The second kappa shape index (κ2) is 10.3. The van der Waals surface area contributed by atoms with E-state index in [1.165, 1.54) is 35.8 Å². The van der Waals surface area contributed by atoms with Gasteiger partial charge in [-0.25, -0.2) is 4.79 Å². The van der Waals surface area contributed by atoms with E-state index < -0.39 is 5.97 Å². The third-order valence-corrected chi connectivity index (χ3v) is 7.32. The van der Waals surface area contributed by atoms with Gasteiger partial charge in [0, 0.05) is 17.0 Å². The minimum absolute atomic E-state index is 0.154. The highest BCUT2D eigenvalue weighted by Crippen LogP contribution is 2.33. The van der Waals surface area contributed by atoms with Gasteiger partial charge in [0.05, 0.1) is 18.4 Å². The summed E-state index contributed by atoms with van der Waals surface area (Å²) in [4.78, 5) is 25.7. The molecule has 0 radical (unpaired) electrons. The standard InChI is InChI=1S/C23H28N4O3S2/c1-7-27-20(17-10-8-16(9-11-17)13(2)3)25-26-23(27)31-12-18(28)24-21-19(22(29)30-6)14(4)15(5)32-21/h8-11,13H,7,12H2,1-6H3,(H,24,28). The number of ether oxygens (including phenoxy) is 1. The van der Waals surface area contributed by atoms with Gasteiger partial charge >= 0.3 is 5.97 Å². The molecular formula is C23H28N4O3S2. The number of thiophene rings is 1. The van der Waals surface area contributed by atoms with Gasteiger partial charge in [-0.2, -0.15) is 0 Å². The van der Waals surface area contributed by atoms with Crippen LogP contribution in [0.25, 0.3) is 11.4 Å². The predicted molar refractivity (Wildman–Crippen MR) is 130 cm³/mol. The highest BCUT2D eigenvalue weighted by atomic mass is 32.2. The molecule has 32 heavy (non-hydrogen) atoms. The number of anilines is 1. The summed E-state index contributed by atoms with van der Waals surface area (Å²) in [6.07, 6.45) is 0. The molecule has 1 aromatic carbocycles. The van der Waals surface area contributed by atoms with Gasteiger partial charge in [-0.05, 0) is 37.8 Å². The van der Waals surface area contributed by atoms with E-state index in [1.807, 2.05) is 25.3 Å². The van der Waals surface area contributed by atoms with Crippen molar-refractivity contribution >= 4 is 40.0 Å². The van der Waals surface area contributed by atoms with Crippen molar-refractivity contribution in [2.45, 2.75) is 52.2 Å². The molecule has 0 aliphatic carbocycles. The van der Waals surface area contributed by atoms with Crippen LogP contribution in [0, 0.1) is 13.8 Å². The van der Waals surface area contributed by atoms with Crippen molar-refractivity contribution in [3.05, 3.63) is 45.8 Å². The Kier molecular flexibility index (Phi) is 7.73. The first kappa shape index (κ1) is 24.0. The minimum Gasteiger partial charge on any atom is -0.465 e. The molecule has 0 saturated heterocycles. The molecule has 0 unspecified atom stereocenters. The van der Waals surface area contributed by atoms with Gasteiger partial charge < -0.3 is 14.6 Å². The largest absolute Gasteiger partial charge is 0.465 e. The van der Waals surface area contributed by atoms with Crippen molar-refractivity contribution in [1.29, 1.82) is 0 Å². The van der Waals surface area contributed by atoms with E-state index in [-0.39, 0.29) is 11.7 Å². The molecule has 0 spiro atoms. The van der Waals surface area contributed by atoms with Crippen LogP contribution in [0.2, 0.25) is 0 Å². The summed E-state index contributed by atoms with van der Waals surface area (Å²) in [7, 11) is 1.34. The molecule has 2 aromatic heterocycles. The summed E-state index contributed by atoms with van der Waals surface area (Å²) < 4.78 is 6.87. The van der Waals surface area contributed by atoms with E-state index in [1.54, 1.807) is 0 Å². The molecule has 0 atom stereocenters. The number of hydrogen-bond acceptors (Lipinski definition) is 7. The van der Waals surface area contributed by atoms with E-state index in [9.17, 15) is 9.59 Å². The summed E-state index contributed by atoms with van der Waals surface area (Å²) in [6.45, 7) is 10.8. The summed E-state index contributed by atoms with van der Waals surface area (Å²) in [6, 6.07) is 8.34. The molecule has 0 aliphatic rings. The van der Waals surface area contributed by atoms with E-state index in [0.717, 1.165) is 21.8 Å². The predicted octanol–water partition coefficient (Wildman–Crippen LogP) is 5.28. The second-order valence-electron chi connectivity index (χ2n) is 7.64. The van der Waals surface area contributed by atoms with Gasteiger partial charge in [-0.1, -0.05) is 49.9 Å². The molecule has 1 N–H and O–H groups in total. The molecule has 3 rings (SSSR count). The number of carbonyl (C=O) groups is 2. The lowest BCUT2D eigenvalue weighted by molar-refractivity contribution is -0.113. The van der Waals surface area contributed by atoms with E-state index in [0.29, 0.717) is 28.2 Å². The van der Waals surface area contributed by atoms with Gasteiger partial charge in [0.2, 0.25) is 5.91 Å². The zero-order valence-corrected chi connectivity index (χ0v) is 20.8. The minimum atomic E-state index is -0.450. The van der Waals surface area contributed by atoms with Crippen LogP contribution >= 0.6 is 23.1 Å². The molecule has 0 saturated carbocycles. The Bertz CT molecular complexity index is 1120. The molecule has 0 bridgehead atoms. The van der Waals surface area contributed by atoms with Crippen LogP contribution in [0.15, 0.2) is 29.4 Å². The zero-order valence-electron chi connectivity index (χ0n) is 19.2. The maximum Gasteiger partial charge on any atom is 0.341 e. The number of aryl methyl sites for hydroxylation is 1. The number of benzene rings is 1. The average Bonchev–Trinajstić information content (AvgIpc) is 3.31. The van der Waals surface area contributed by atoms with Crippen LogP contribution < -0.4 is 5.32 Å². The molecule has 1 amide bonds. The Morgan fingerprint density at radius 2 is 1.88 bits per heavy atom. The highest BCUT2D eigenvalue weighted by Gasteiger charge is 2.22. The molecule has 7 nitrogen and oxygen atoms in total. The number of nitrogens with one attached hydrogen (secondary N) is 1. The highest BCUT2D eigenvalue weighted by molar-refractivity contribution is 7.99. The first-order chi connectivity index (χ1) is 15.3. The third-order valence-electron chi connectivity index (χ3n) is 5.23. The van der Waals surface area contributed by atoms with Crippen LogP contribution in [0.5, 0.6) is 0 Å². The number of methoxy groups -OCH3 is 1. The maximum absolute atomic E-state index is 12.6. The molecule has 3 aromatic rings. The average molecular weight is 473 g/mol. The third kappa shape index (κ3) is 5.05. The topological polar surface area (TPSA) is 86.1 Å². The molecular weight excluding hydrogens is 444 g/mol. The Morgan fingerprint density at radius 3 is 2.47 bits per heavy atom. The number of nitrogens with zero attached hydrogens (tertiary/aromatic N) is 3. The van der Waals surface area contributed by atoms with Crippen LogP contribution in [0.1, 0.15) is 53.1 Å². The molecule has 2 heterocycles. The molecule has 0 fully saturated rings. The van der Waals surface area contributed by atoms with Crippen molar-refractivity contribution in [3.63, 3.8) is 0 Å². The van der Waals surface area contributed by atoms with Gasteiger partial charge in [-0.15, -0.1) is 21.5 Å². The Balaban J connectivity index is 1.72. The number of hydrogen-bond donors (Lipinski definition) is 1. The quantitative estimate of drug-likeness (QED) is 0.354. The lowest BCUT2D eigenvalue weighted by atomic mass is 10.0. The Morgan fingerprint density at radius 1 is 1.19 bits per heavy atom. The first-order valence-corrected chi connectivity index (χ1v) is 12.2. The Labute approximate surface area is 196 Å². The SMILES string of the molecule is CCn1c(SCC(=O)Nc2sc(C)c(C)c2C(=O)OC)nnc1-c1ccc(C(C)C)cc1. The van der Waals surface area contributed by atoms with Gasteiger partial charge in [0.15, 0.2) is 11.0 Å². The lowest BCUT2D eigenvalue weighted by Gasteiger charge is -2.09. The lowest BCUT2D eigenvalue weighted by Crippen LogP contribution is -2.16.